The van der Waals surface area contributed by atoms with Crippen LogP contribution >= 0.6 is 0 Å². The summed E-state index contributed by atoms with van der Waals surface area (Å²) < 4.78 is 21.4. The van der Waals surface area contributed by atoms with Crippen molar-refractivity contribution in [2.75, 3.05) is 27.9 Å². The smallest absolute Gasteiger partial charge is 0.306 e. The van der Waals surface area contributed by atoms with Gasteiger partial charge in [0.2, 0.25) is 16.9 Å². The predicted octanol–water partition coefficient (Wildman–Crippen LogP) is 3.32. The Hall–Kier alpha value is -3.98. The molecule has 2 aromatic carbocycles. The average molecular weight is 496 g/mol. The molecule has 9 nitrogen and oxygen atoms in total. The number of hydrogen-bond acceptors (Lipinski definition) is 9. The number of carbonyl (C=O) groups excluding carboxylic acids is 1. The quantitative estimate of drug-likeness (QED) is 0.454. The maximum Gasteiger partial charge on any atom is 0.306 e. The molecule has 0 saturated carbocycles. The molecule has 0 amide bonds. The number of methoxy groups -OCH3 is 3. The summed E-state index contributed by atoms with van der Waals surface area (Å²) in [7, 11) is 4.00. The number of benzene rings is 2. The Morgan fingerprint density at radius 2 is 1.69 bits per heavy atom. The Bertz CT molecular complexity index is 1290. The average Bonchev–Trinajstić information content (AvgIpc) is 2.89. The molecule has 0 unspecified atom stereocenters. The third-order valence-corrected chi connectivity index (χ3v) is 6.41. The van der Waals surface area contributed by atoms with Crippen molar-refractivity contribution in [3.05, 3.63) is 80.9 Å². The first kappa shape index (κ1) is 25.1. The summed E-state index contributed by atoms with van der Waals surface area (Å²) in [6.45, 7) is 1.84. The van der Waals surface area contributed by atoms with Crippen LogP contribution in [0.4, 0.5) is 0 Å². The summed E-state index contributed by atoms with van der Waals surface area (Å²) in [5.41, 5.74) is 2.33. The van der Waals surface area contributed by atoms with Crippen molar-refractivity contribution in [3.63, 3.8) is 0 Å². The van der Waals surface area contributed by atoms with Gasteiger partial charge < -0.3 is 28.8 Å². The molecule has 3 aromatic rings. The molecule has 0 aliphatic carbocycles. The van der Waals surface area contributed by atoms with Crippen LogP contribution in [0.3, 0.4) is 0 Å². The van der Waals surface area contributed by atoms with Crippen LogP contribution in [0.5, 0.6) is 23.0 Å². The van der Waals surface area contributed by atoms with E-state index in [1.807, 2.05) is 12.1 Å². The standard InChI is InChI=1S/C27H29NO8/c1-33-22-10-18(11-23(34-2)26(22)32)20(13-24(30)35-3)27-25(31)21(29)12-19(36-27)15-28-9-8-16-6-4-5-7-17(16)14-28/h4-7,10-12,20,31-32H,8-9,13-15H2,1-3H3/t20-/m0/s1. The number of nitrogens with zero attached hydrogens (tertiary/aromatic N) is 1. The van der Waals surface area contributed by atoms with Crippen molar-refractivity contribution >= 4 is 5.97 Å². The fourth-order valence-electron chi connectivity index (χ4n) is 4.51. The number of ether oxygens (including phenoxy) is 3. The van der Waals surface area contributed by atoms with E-state index < -0.39 is 23.1 Å². The van der Waals surface area contributed by atoms with Gasteiger partial charge in [-0.1, -0.05) is 24.3 Å². The number of phenolic OH excluding ortho intramolecular Hbond substituents is 1. The maximum atomic E-state index is 12.8. The normalized spacial score (nSPS) is 14.1. The molecule has 0 saturated heterocycles. The highest BCUT2D eigenvalue weighted by molar-refractivity contribution is 5.71. The highest BCUT2D eigenvalue weighted by Gasteiger charge is 2.29. The molecule has 2 N–H and O–H groups in total. The first-order valence-corrected chi connectivity index (χ1v) is 11.5. The number of phenols is 1. The van der Waals surface area contributed by atoms with E-state index in [2.05, 4.69) is 17.0 Å². The van der Waals surface area contributed by atoms with Crippen molar-refractivity contribution in [3.8, 4) is 23.0 Å². The first-order chi connectivity index (χ1) is 17.3. The van der Waals surface area contributed by atoms with Crippen LogP contribution in [0, 0.1) is 0 Å². The van der Waals surface area contributed by atoms with E-state index in [0.717, 1.165) is 13.0 Å². The van der Waals surface area contributed by atoms with E-state index in [9.17, 15) is 19.8 Å². The van der Waals surface area contributed by atoms with Gasteiger partial charge in [-0.3, -0.25) is 14.5 Å². The molecule has 2 heterocycles. The highest BCUT2D eigenvalue weighted by atomic mass is 16.5. The molecule has 1 aliphatic rings. The van der Waals surface area contributed by atoms with Crippen LogP contribution in [0.1, 0.15) is 40.5 Å². The topological polar surface area (TPSA) is 119 Å². The van der Waals surface area contributed by atoms with Crippen LogP contribution < -0.4 is 14.9 Å². The summed E-state index contributed by atoms with van der Waals surface area (Å²) in [5.74, 6) is -1.81. The lowest BCUT2D eigenvalue weighted by molar-refractivity contribution is -0.140. The minimum absolute atomic E-state index is 0.0740. The second kappa shape index (κ2) is 10.7. The molecule has 4 rings (SSSR count). The van der Waals surface area contributed by atoms with Gasteiger partial charge in [0.25, 0.3) is 0 Å². The molecule has 1 aliphatic heterocycles. The Labute approximate surface area is 208 Å². The van der Waals surface area contributed by atoms with Gasteiger partial charge in [-0.25, -0.2) is 0 Å². The molecular formula is C27H29NO8. The third kappa shape index (κ3) is 5.16. The van der Waals surface area contributed by atoms with Gasteiger partial charge in [0.05, 0.1) is 40.2 Å². The molecular weight excluding hydrogens is 466 g/mol. The number of fused-ring (bicyclic) bond motifs is 1. The predicted molar refractivity (Wildman–Crippen MR) is 131 cm³/mol. The summed E-state index contributed by atoms with van der Waals surface area (Å²) in [6.07, 6.45) is 0.647. The van der Waals surface area contributed by atoms with Crippen molar-refractivity contribution < 1.29 is 33.6 Å². The van der Waals surface area contributed by atoms with E-state index in [4.69, 9.17) is 18.6 Å². The molecule has 0 fully saturated rings. The number of aromatic hydroxyl groups is 2. The maximum absolute atomic E-state index is 12.8. The van der Waals surface area contributed by atoms with E-state index in [-0.39, 0.29) is 29.4 Å². The molecule has 1 aromatic heterocycles. The zero-order valence-corrected chi connectivity index (χ0v) is 20.4. The van der Waals surface area contributed by atoms with Gasteiger partial charge in [-0.15, -0.1) is 0 Å². The summed E-state index contributed by atoms with van der Waals surface area (Å²) in [4.78, 5) is 27.2. The minimum atomic E-state index is -0.907. The van der Waals surface area contributed by atoms with Crippen molar-refractivity contribution in [1.29, 1.82) is 0 Å². The van der Waals surface area contributed by atoms with Gasteiger partial charge in [-0.2, -0.15) is 0 Å². The van der Waals surface area contributed by atoms with Crippen LogP contribution in [0.15, 0.2) is 51.7 Å². The van der Waals surface area contributed by atoms with E-state index in [1.165, 1.54) is 50.7 Å². The lowest BCUT2D eigenvalue weighted by Gasteiger charge is -2.28. The van der Waals surface area contributed by atoms with Gasteiger partial charge in [-0.05, 0) is 35.2 Å². The zero-order valence-electron chi connectivity index (χ0n) is 20.4. The lowest BCUT2D eigenvalue weighted by Crippen LogP contribution is -2.30. The van der Waals surface area contributed by atoms with Gasteiger partial charge in [0.15, 0.2) is 17.3 Å². The van der Waals surface area contributed by atoms with Crippen molar-refractivity contribution in [1.82, 2.24) is 4.90 Å². The van der Waals surface area contributed by atoms with E-state index >= 15 is 0 Å². The van der Waals surface area contributed by atoms with Crippen molar-refractivity contribution in [2.24, 2.45) is 0 Å². The number of esters is 1. The van der Waals surface area contributed by atoms with Crippen LogP contribution in [0.2, 0.25) is 0 Å². The number of rotatable bonds is 8. The Morgan fingerprint density at radius 1 is 1.03 bits per heavy atom. The summed E-state index contributed by atoms with van der Waals surface area (Å²) >= 11 is 0. The molecule has 36 heavy (non-hydrogen) atoms. The van der Waals surface area contributed by atoms with Gasteiger partial charge >= 0.3 is 5.97 Å². The third-order valence-electron chi connectivity index (χ3n) is 6.41. The first-order valence-electron chi connectivity index (χ1n) is 11.5. The van der Waals surface area contributed by atoms with Crippen LogP contribution in [-0.4, -0.2) is 49.0 Å². The fraction of sp³-hybridized carbons (Fsp3) is 0.333. The largest absolute Gasteiger partial charge is 0.502 e. The number of carbonyl (C=O) groups is 1. The zero-order chi connectivity index (χ0) is 25.8. The SMILES string of the molecule is COC(=O)C[C@@H](c1cc(OC)c(O)c(OC)c1)c1oc(CN2CCc3ccccc3C2)cc(=O)c1O. The lowest BCUT2D eigenvalue weighted by atomic mass is 9.91. The number of hydrogen-bond donors (Lipinski definition) is 2. The molecule has 0 radical (unpaired) electrons. The van der Waals surface area contributed by atoms with E-state index in [1.54, 1.807) is 0 Å². The highest BCUT2D eigenvalue weighted by Crippen LogP contribution is 2.42. The van der Waals surface area contributed by atoms with E-state index in [0.29, 0.717) is 24.4 Å². The van der Waals surface area contributed by atoms with Crippen LogP contribution in [-0.2, 0) is 29.0 Å². The Kier molecular flexibility index (Phi) is 7.49. The van der Waals surface area contributed by atoms with Gasteiger partial charge in [0, 0.05) is 19.2 Å². The second-order valence-electron chi connectivity index (χ2n) is 8.63. The molecule has 9 heteroatoms. The Balaban J connectivity index is 1.73. The monoisotopic (exact) mass is 495 g/mol. The molecule has 1 atom stereocenters. The Morgan fingerprint density at radius 3 is 2.33 bits per heavy atom. The molecule has 190 valence electrons. The van der Waals surface area contributed by atoms with Gasteiger partial charge in [0.1, 0.15) is 5.76 Å². The molecule has 0 bridgehead atoms. The van der Waals surface area contributed by atoms with Crippen LogP contribution in [0.25, 0.3) is 0 Å². The minimum Gasteiger partial charge on any atom is -0.502 e. The fourth-order valence-corrected chi connectivity index (χ4v) is 4.51. The summed E-state index contributed by atoms with van der Waals surface area (Å²) in [5, 5.41) is 21.0. The molecule has 0 spiro atoms. The summed E-state index contributed by atoms with van der Waals surface area (Å²) in [6, 6.07) is 12.5. The second-order valence-corrected chi connectivity index (χ2v) is 8.63. The van der Waals surface area contributed by atoms with Crippen molar-refractivity contribution in [2.45, 2.75) is 31.8 Å².